The maximum Gasteiger partial charge on any atom is 0.256 e. The third-order valence-electron chi connectivity index (χ3n) is 5.62. The lowest BCUT2D eigenvalue weighted by atomic mass is 10.1. The van der Waals surface area contributed by atoms with Crippen LogP contribution in [0.1, 0.15) is 32.6 Å². The van der Waals surface area contributed by atoms with Crippen LogP contribution in [0.25, 0.3) is 16.6 Å². The zero-order valence-corrected chi connectivity index (χ0v) is 17.9. The number of pyridine rings is 2. The number of benzene rings is 2. The van der Waals surface area contributed by atoms with E-state index < -0.39 is 0 Å². The van der Waals surface area contributed by atoms with Gasteiger partial charge in [-0.1, -0.05) is 48.0 Å². The highest BCUT2D eigenvalue weighted by Crippen LogP contribution is 2.24. The normalized spacial score (nSPS) is 11.2. The minimum absolute atomic E-state index is 0.0892. The van der Waals surface area contributed by atoms with E-state index in [1.54, 1.807) is 29.0 Å². The van der Waals surface area contributed by atoms with E-state index >= 15 is 0 Å². The van der Waals surface area contributed by atoms with Crippen LogP contribution in [0.15, 0.2) is 73.1 Å². The topological polar surface area (TPSA) is 76.3 Å². The molecular formula is C25H22N6O. The van der Waals surface area contributed by atoms with Crippen LogP contribution in [0.4, 0.5) is 0 Å². The summed E-state index contributed by atoms with van der Waals surface area (Å²) in [7, 11) is 0. The maximum absolute atomic E-state index is 13.4. The predicted octanol–water partition coefficient (Wildman–Crippen LogP) is 4.13. The van der Waals surface area contributed by atoms with E-state index in [9.17, 15) is 4.79 Å². The van der Waals surface area contributed by atoms with E-state index in [4.69, 9.17) is 0 Å². The van der Waals surface area contributed by atoms with Crippen molar-refractivity contribution in [1.29, 1.82) is 0 Å². The number of nitrogens with zero attached hydrogens (tertiary/aromatic N) is 6. The average molecular weight is 422 g/mol. The first-order valence-electron chi connectivity index (χ1n) is 10.4. The van der Waals surface area contributed by atoms with Crippen molar-refractivity contribution in [3.05, 3.63) is 101 Å². The molecule has 0 saturated carbocycles. The van der Waals surface area contributed by atoms with Crippen LogP contribution in [-0.4, -0.2) is 35.8 Å². The molecule has 7 heteroatoms. The summed E-state index contributed by atoms with van der Waals surface area (Å²) < 4.78 is 1.76. The summed E-state index contributed by atoms with van der Waals surface area (Å²) in [4.78, 5) is 19.4. The Hall–Kier alpha value is -4.13. The Labute approximate surface area is 185 Å². The van der Waals surface area contributed by atoms with Gasteiger partial charge in [0.1, 0.15) is 0 Å². The lowest BCUT2D eigenvalue weighted by molar-refractivity contribution is 0.0730. The van der Waals surface area contributed by atoms with Crippen LogP contribution in [0.5, 0.6) is 0 Å². The molecule has 158 valence electrons. The Morgan fingerprint density at radius 3 is 2.62 bits per heavy atom. The number of rotatable bonds is 5. The molecule has 1 amide bonds. The zero-order chi connectivity index (χ0) is 22.1. The first-order chi connectivity index (χ1) is 15.6. The van der Waals surface area contributed by atoms with Gasteiger partial charge in [0.15, 0.2) is 5.65 Å². The molecule has 0 aliphatic carbocycles. The Morgan fingerprint density at radius 2 is 1.84 bits per heavy atom. The number of aromatic nitrogens is 5. The van der Waals surface area contributed by atoms with Gasteiger partial charge in [0.2, 0.25) is 0 Å². The number of carbonyl (C=O) groups excluding carboxylic acids is 1. The van der Waals surface area contributed by atoms with Gasteiger partial charge in [-0.2, -0.15) is 4.52 Å². The number of hydrogen-bond donors (Lipinski definition) is 0. The summed E-state index contributed by atoms with van der Waals surface area (Å²) >= 11 is 0. The second-order valence-corrected chi connectivity index (χ2v) is 7.99. The van der Waals surface area contributed by atoms with E-state index in [-0.39, 0.29) is 5.91 Å². The number of para-hydroxylation sites is 1. The lowest BCUT2D eigenvalue weighted by Gasteiger charge is -2.23. The molecule has 5 rings (SSSR count). The van der Waals surface area contributed by atoms with Crippen molar-refractivity contribution in [2.75, 3.05) is 0 Å². The van der Waals surface area contributed by atoms with Crippen LogP contribution >= 0.6 is 0 Å². The molecule has 0 spiro atoms. The first-order valence-corrected chi connectivity index (χ1v) is 10.4. The Kier molecular flexibility index (Phi) is 5.07. The van der Waals surface area contributed by atoms with Crippen molar-refractivity contribution in [3.8, 4) is 0 Å². The largest absolute Gasteiger partial charge is 0.330 e. The van der Waals surface area contributed by atoms with E-state index in [2.05, 4.69) is 57.8 Å². The molecule has 0 fully saturated rings. The molecule has 3 heterocycles. The van der Waals surface area contributed by atoms with Crippen molar-refractivity contribution in [2.24, 2.45) is 0 Å². The van der Waals surface area contributed by atoms with Gasteiger partial charge in [0, 0.05) is 29.9 Å². The molecule has 0 N–H and O–H groups in total. The maximum atomic E-state index is 13.4. The molecule has 0 radical (unpaired) electrons. The molecule has 0 aliphatic rings. The minimum atomic E-state index is -0.0892. The van der Waals surface area contributed by atoms with Crippen molar-refractivity contribution < 1.29 is 4.79 Å². The highest BCUT2D eigenvalue weighted by atomic mass is 16.2. The minimum Gasteiger partial charge on any atom is -0.330 e. The standard InChI is InChI=1S/C25H22N6O/c1-17-8-10-19(11-9-17)15-30(25(32)21-7-4-12-26-14-21)16-22-13-20-6-3-5-18(2)23(20)31-24(22)27-28-29-31/h3-14H,15-16H2,1-2H3. The number of fused-ring (bicyclic) bond motifs is 3. The second-order valence-electron chi connectivity index (χ2n) is 7.99. The average Bonchev–Trinajstić information content (AvgIpc) is 3.30. The van der Waals surface area contributed by atoms with Crippen molar-refractivity contribution in [1.82, 2.24) is 29.9 Å². The van der Waals surface area contributed by atoms with Gasteiger partial charge in [0.05, 0.1) is 17.6 Å². The molecule has 0 aliphatic heterocycles. The summed E-state index contributed by atoms with van der Waals surface area (Å²) in [5.41, 5.74) is 6.39. The van der Waals surface area contributed by atoms with Crippen LogP contribution in [-0.2, 0) is 13.1 Å². The van der Waals surface area contributed by atoms with E-state index in [0.717, 1.165) is 27.6 Å². The molecule has 0 atom stereocenters. The Balaban J connectivity index is 1.58. The number of hydrogen-bond acceptors (Lipinski definition) is 5. The van der Waals surface area contributed by atoms with Crippen molar-refractivity contribution in [3.63, 3.8) is 0 Å². The van der Waals surface area contributed by atoms with Gasteiger partial charge in [-0.3, -0.25) is 9.78 Å². The van der Waals surface area contributed by atoms with Crippen LogP contribution in [0.3, 0.4) is 0 Å². The highest BCUT2D eigenvalue weighted by molar-refractivity contribution is 5.94. The summed E-state index contributed by atoms with van der Waals surface area (Å²) in [5.74, 6) is -0.0892. The van der Waals surface area contributed by atoms with Gasteiger partial charge in [-0.15, -0.1) is 5.10 Å². The fourth-order valence-corrected chi connectivity index (χ4v) is 3.98. The van der Waals surface area contributed by atoms with Gasteiger partial charge in [-0.05, 0) is 53.6 Å². The van der Waals surface area contributed by atoms with E-state index in [1.807, 2.05) is 30.0 Å². The second kappa shape index (κ2) is 8.19. The number of carbonyl (C=O) groups is 1. The SMILES string of the molecule is Cc1ccc(CN(Cc2cc3cccc(C)c3n3nnnc23)C(=O)c2cccnc2)cc1. The van der Waals surface area contributed by atoms with Gasteiger partial charge < -0.3 is 4.90 Å². The molecule has 0 bridgehead atoms. The molecule has 32 heavy (non-hydrogen) atoms. The van der Waals surface area contributed by atoms with Crippen molar-refractivity contribution in [2.45, 2.75) is 26.9 Å². The zero-order valence-electron chi connectivity index (χ0n) is 17.9. The monoisotopic (exact) mass is 422 g/mol. The molecule has 5 aromatic rings. The Bertz CT molecular complexity index is 1410. The fraction of sp³-hybridized carbons (Fsp3) is 0.160. The fourth-order valence-electron chi connectivity index (χ4n) is 3.98. The van der Waals surface area contributed by atoms with E-state index in [1.165, 1.54) is 5.56 Å². The molecule has 2 aromatic carbocycles. The molecule has 0 saturated heterocycles. The molecule has 3 aromatic heterocycles. The first kappa shape index (κ1) is 19.8. The van der Waals surface area contributed by atoms with Gasteiger partial charge in [-0.25, -0.2) is 0 Å². The van der Waals surface area contributed by atoms with Gasteiger partial charge in [0.25, 0.3) is 5.91 Å². The van der Waals surface area contributed by atoms with Crippen LogP contribution < -0.4 is 0 Å². The van der Waals surface area contributed by atoms with Crippen LogP contribution in [0.2, 0.25) is 0 Å². The molecular weight excluding hydrogens is 400 g/mol. The third kappa shape index (κ3) is 3.69. The van der Waals surface area contributed by atoms with Gasteiger partial charge >= 0.3 is 0 Å². The summed E-state index contributed by atoms with van der Waals surface area (Å²) in [5, 5.41) is 13.4. The number of tetrazole rings is 1. The summed E-state index contributed by atoms with van der Waals surface area (Å²) in [6, 6.07) is 20.0. The van der Waals surface area contributed by atoms with Crippen LogP contribution in [0, 0.1) is 13.8 Å². The lowest BCUT2D eigenvalue weighted by Crippen LogP contribution is -2.30. The van der Waals surface area contributed by atoms with Crippen molar-refractivity contribution >= 4 is 22.5 Å². The summed E-state index contributed by atoms with van der Waals surface area (Å²) in [6.07, 6.45) is 3.26. The quantitative estimate of drug-likeness (QED) is 0.426. The highest BCUT2D eigenvalue weighted by Gasteiger charge is 2.20. The molecule has 7 nitrogen and oxygen atoms in total. The Morgan fingerprint density at radius 1 is 1.00 bits per heavy atom. The molecule has 0 unspecified atom stereocenters. The number of amides is 1. The predicted molar refractivity (Wildman–Crippen MR) is 122 cm³/mol. The number of aryl methyl sites for hydroxylation is 2. The smallest absolute Gasteiger partial charge is 0.256 e. The van der Waals surface area contributed by atoms with E-state index in [0.29, 0.717) is 24.3 Å². The summed E-state index contributed by atoms with van der Waals surface area (Å²) in [6.45, 7) is 4.93. The third-order valence-corrected chi connectivity index (χ3v) is 5.62.